The first-order chi connectivity index (χ1) is 10.7. The molecule has 0 saturated carbocycles. The Labute approximate surface area is 126 Å². The summed E-state index contributed by atoms with van der Waals surface area (Å²) in [6, 6.07) is 11.7. The number of fused-ring (bicyclic) bond motifs is 1. The van der Waals surface area contributed by atoms with E-state index < -0.39 is 5.82 Å². The van der Waals surface area contributed by atoms with Crippen LogP contribution < -0.4 is 10.1 Å². The molecule has 22 heavy (non-hydrogen) atoms. The van der Waals surface area contributed by atoms with E-state index in [2.05, 4.69) is 10.3 Å². The summed E-state index contributed by atoms with van der Waals surface area (Å²) in [4.78, 5) is 16.0. The van der Waals surface area contributed by atoms with Crippen LogP contribution in [0.4, 0.5) is 4.39 Å². The summed E-state index contributed by atoms with van der Waals surface area (Å²) in [5.41, 5.74) is 0.953. The molecule has 0 spiro atoms. The number of ether oxygens (including phenoxy) is 1. The smallest absolute Gasteiger partial charge is 0.258 e. The number of benzene rings is 1. The monoisotopic (exact) mass is 299 g/mol. The first-order valence-corrected chi connectivity index (χ1v) is 6.79. The first kappa shape index (κ1) is 14.1. The number of nitrogens with one attached hydrogen (secondary N) is 1. The van der Waals surface area contributed by atoms with Crippen molar-refractivity contribution in [2.45, 2.75) is 6.54 Å². The average molecular weight is 299 g/mol. The Balaban J connectivity index is 1.55. The highest BCUT2D eigenvalue weighted by molar-refractivity contribution is 5.77. The van der Waals surface area contributed by atoms with Crippen LogP contribution in [0, 0.1) is 5.82 Å². The van der Waals surface area contributed by atoms with E-state index in [4.69, 9.17) is 4.74 Å². The number of amides is 1. The van der Waals surface area contributed by atoms with Crippen molar-refractivity contribution in [3.05, 3.63) is 66.5 Å². The fraction of sp³-hybridized carbons (Fsp3) is 0.125. The van der Waals surface area contributed by atoms with Gasteiger partial charge in [-0.25, -0.2) is 9.37 Å². The highest BCUT2D eigenvalue weighted by atomic mass is 19.1. The van der Waals surface area contributed by atoms with Gasteiger partial charge in [0.15, 0.2) is 18.2 Å². The third-order valence-corrected chi connectivity index (χ3v) is 3.15. The van der Waals surface area contributed by atoms with Crippen LogP contribution in [-0.4, -0.2) is 21.9 Å². The van der Waals surface area contributed by atoms with Gasteiger partial charge in [-0.15, -0.1) is 0 Å². The summed E-state index contributed by atoms with van der Waals surface area (Å²) in [7, 11) is 0. The number of para-hydroxylation sites is 1. The van der Waals surface area contributed by atoms with Crippen molar-refractivity contribution in [1.29, 1.82) is 0 Å². The average Bonchev–Trinajstić information content (AvgIpc) is 2.95. The van der Waals surface area contributed by atoms with E-state index >= 15 is 0 Å². The second-order valence-corrected chi connectivity index (χ2v) is 4.67. The molecular formula is C16H14FN3O2. The molecule has 2 heterocycles. The SMILES string of the molecule is O=C(COc1ccccc1F)NCc1ncc2ccccn12. The molecular weight excluding hydrogens is 285 g/mol. The Hall–Kier alpha value is -2.89. The minimum atomic E-state index is -0.491. The molecule has 5 nitrogen and oxygen atoms in total. The van der Waals surface area contributed by atoms with Gasteiger partial charge in [0.2, 0.25) is 0 Å². The number of imidazole rings is 1. The van der Waals surface area contributed by atoms with Gasteiger partial charge in [-0.1, -0.05) is 18.2 Å². The third-order valence-electron chi connectivity index (χ3n) is 3.15. The highest BCUT2D eigenvalue weighted by Gasteiger charge is 2.08. The molecule has 6 heteroatoms. The van der Waals surface area contributed by atoms with Crippen LogP contribution in [0.15, 0.2) is 54.9 Å². The molecule has 3 rings (SSSR count). The van der Waals surface area contributed by atoms with Crippen LogP contribution in [0.25, 0.3) is 5.52 Å². The second-order valence-electron chi connectivity index (χ2n) is 4.67. The lowest BCUT2D eigenvalue weighted by Crippen LogP contribution is -2.29. The molecule has 0 aliphatic heterocycles. The maximum absolute atomic E-state index is 13.4. The Morgan fingerprint density at radius 1 is 1.23 bits per heavy atom. The van der Waals surface area contributed by atoms with Gasteiger partial charge in [0.1, 0.15) is 5.82 Å². The maximum atomic E-state index is 13.4. The summed E-state index contributed by atoms with van der Waals surface area (Å²) in [5, 5.41) is 2.70. The summed E-state index contributed by atoms with van der Waals surface area (Å²) in [6.45, 7) is 0.0296. The molecule has 112 valence electrons. The van der Waals surface area contributed by atoms with Crippen molar-refractivity contribution >= 4 is 11.4 Å². The number of pyridine rings is 1. The molecule has 0 radical (unpaired) electrons. The number of carbonyl (C=O) groups excluding carboxylic acids is 1. The van der Waals surface area contributed by atoms with E-state index in [0.29, 0.717) is 0 Å². The van der Waals surface area contributed by atoms with Gasteiger partial charge in [-0.3, -0.25) is 4.79 Å². The second kappa shape index (κ2) is 6.26. The Morgan fingerprint density at radius 2 is 2.05 bits per heavy atom. The van der Waals surface area contributed by atoms with E-state index in [9.17, 15) is 9.18 Å². The van der Waals surface area contributed by atoms with E-state index in [1.807, 2.05) is 28.8 Å². The van der Waals surface area contributed by atoms with Gasteiger partial charge >= 0.3 is 0 Å². The van der Waals surface area contributed by atoms with E-state index in [1.54, 1.807) is 18.3 Å². The molecule has 2 aromatic heterocycles. The quantitative estimate of drug-likeness (QED) is 0.785. The zero-order chi connectivity index (χ0) is 15.4. The van der Waals surface area contributed by atoms with Crippen LogP contribution in [0.3, 0.4) is 0 Å². The fourth-order valence-corrected chi connectivity index (χ4v) is 2.06. The summed E-state index contributed by atoms with van der Waals surface area (Å²) in [6.07, 6.45) is 3.61. The number of halogens is 1. The number of hydrogen-bond acceptors (Lipinski definition) is 3. The predicted octanol–water partition coefficient (Wildman–Crippen LogP) is 2.17. The van der Waals surface area contributed by atoms with Crippen LogP contribution in [0.2, 0.25) is 0 Å². The van der Waals surface area contributed by atoms with Crippen molar-refractivity contribution in [1.82, 2.24) is 14.7 Å². The molecule has 1 amide bonds. The van der Waals surface area contributed by atoms with Crippen molar-refractivity contribution in [2.75, 3.05) is 6.61 Å². The topological polar surface area (TPSA) is 55.6 Å². The molecule has 0 atom stereocenters. The zero-order valence-electron chi connectivity index (χ0n) is 11.7. The minimum Gasteiger partial charge on any atom is -0.481 e. The molecule has 0 fully saturated rings. The lowest BCUT2D eigenvalue weighted by atomic mass is 10.3. The summed E-state index contributed by atoms with van der Waals surface area (Å²) >= 11 is 0. The van der Waals surface area contributed by atoms with Crippen LogP contribution in [-0.2, 0) is 11.3 Å². The number of hydrogen-bond donors (Lipinski definition) is 1. The van der Waals surface area contributed by atoms with Gasteiger partial charge in [-0.2, -0.15) is 0 Å². The molecule has 0 bridgehead atoms. The van der Waals surface area contributed by atoms with E-state index in [0.717, 1.165) is 11.3 Å². The molecule has 3 aromatic rings. The third kappa shape index (κ3) is 3.06. The van der Waals surface area contributed by atoms with Crippen molar-refractivity contribution in [2.24, 2.45) is 0 Å². The van der Waals surface area contributed by atoms with Gasteiger partial charge in [0, 0.05) is 6.20 Å². The van der Waals surface area contributed by atoms with Gasteiger partial charge in [0.05, 0.1) is 18.3 Å². The van der Waals surface area contributed by atoms with E-state index in [1.165, 1.54) is 12.1 Å². The van der Waals surface area contributed by atoms with Crippen molar-refractivity contribution in [3.8, 4) is 5.75 Å². The summed E-state index contributed by atoms with van der Waals surface area (Å²) < 4.78 is 20.4. The number of rotatable bonds is 5. The first-order valence-electron chi connectivity index (χ1n) is 6.79. The maximum Gasteiger partial charge on any atom is 0.258 e. The summed E-state index contributed by atoms with van der Waals surface area (Å²) in [5.74, 6) is -0.0516. The largest absolute Gasteiger partial charge is 0.481 e. The minimum absolute atomic E-state index is 0.0592. The van der Waals surface area contributed by atoms with Crippen molar-refractivity contribution < 1.29 is 13.9 Å². The Bertz CT molecular complexity index is 801. The number of carbonyl (C=O) groups is 1. The van der Waals surface area contributed by atoms with Crippen LogP contribution in [0.1, 0.15) is 5.82 Å². The predicted molar refractivity (Wildman–Crippen MR) is 78.9 cm³/mol. The lowest BCUT2D eigenvalue weighted by molar-refractivity contribution is -0.123. The normalized spacial score (nSPS) is 10.6. The molecule has 0 aliphatic carbocycles. The molecule has 1 aromatic carbocycles. The molecule has 0 saturated heterocycles. The Kier molecular flexibility index (Phi) is 4.00. The lowest BCUT2D eigenvalue weighted by Gasteiger charge is -2.07. The van der Waals surface area contributed by atoms with Crippen LogP contribution >= 0.6 is 0 Å². The van der Waals surface area contributed by atoms with Gasteiger partial charge in [-0.05, 0) is 24.3 Å². The molecule has 1 N–H and O–H groups in total. The molecule has 0 unspecified atom stereocenters. The Morgan fingerprint density at radius 3 is 2.91 bits per heavy atom. The highest BCUT2D eigenvalue weighted by Crippen LogP contribution is 2.14. The van der Waals surface area contributed by atoms with Crippen LogP contribution in [0.5, 0.6) is 5.75 Å². The number of aromatic nitrogens is 2. The van der Waals surface area contributed by atoms with Gasteiger partial charge in [0.25, 0.3) is 5.91 Å². The van der Waals surface area contributed by atoms with Crippen molar-refractivity contribution in [3.63, 3.8) is 0 Å². The van der Waals surface area contributed by atoms with Gasteiger partial charge < -0.3 is 14.5 Å². The van der Waals surface area contributed by atoms with E-state index in [-0.39, 0.29) is 24.8 Å². The molecule has 0 aliphatic rings. The number of nitrogens with zero attached hydrogens (tertiary/aromatic N) is 2. The standard InChI is InChI=1S/C16H14FN3O2/c17-13-6-1-2-7-14(13)22-11-16(21)19-10-15-18-9-12-5-3-4-8-20(12)15/h1-9H,10-11H2,(H,19,21). The zero-order valence-corrected chi connectivity index (χ0v) is 11.7. The fourth-order valence-electron chi connectivity index (χ4n) is 2.06.